The Hall–Kier alpha value is -1.84. The summed E-state index contributed by atoms with van der Waals surface area (Å²) in [7, 11) is 0. The second-order valence-corrected chi connectivity index (χ2v) is 9.38. The van der Waals surface area contributed by atoms with Crippen LogP contribution < -0.4 is 0 Å². The maximum atomic E-state index is 10.9. The fourth-order valence-corrected chi connectivity index (χ4v) is 4.62. The lowest BCUT2D eigenvalue weighted by Gasteiger charge is -2.12. The van der Waals surface area contributed by atoms with E-state index in [2.05, 4.69) is 24.3 Å². The Balaban J connectivity index is 1.33. The SMILES string of the molecule is O=C(O)CC1(CCCCc2cccc(CCCCC3(CC(=O)O)CC3)c2)CC1. The number of benzene rings is 1. The summed E-state index contributed by atoms with van der Waals surface area (Å²) in [6.07, 6.45) is 13.8. The van der Waals surface area contributed by atoms with Crippen molar-refractivity contribution in [2.45, 2.75) is 89.9 Å². The Morgan fingerprint density at radius 2 is 1.18 bits per heavy atom. The minimum Gasteiger partial charge on any atom is -0.481 e. The minimum atomic E-state index is -0.652. The van der Waals surface area contributed by atoms with Crippen LogP contribution in [0.4, 0.5) is 0 Å². The van der Waals surface area contributed by atoms with Crippen LogP contribution in [0.15, 0.2) is 24.3 Å². The second kappa shape index (κ2) is 9.11. The van der Waals surface area contributed by atoms with Gasteiger partial charge in [-0.2, -0.15) is 0 Å². The first-order chi connectivity index (χ1) is 13.4. The summed E-state index contributed by atoms with van der Waals surface area (Å²) in [6, 6.07) is 8.85. The second-order valence-electron chi connectivity index (χ2n) is 9.38. The zero-order valence-corrected chi connectivity index (χ0v) is 16.9. The smallest absolute Gasteiger partial charge is 0.303 e. The first-order valence-electron chi connectivity index (χ1n) is 10.9. The molecule has 0 unspecified atom stereocenters. The fraction of sp³-hybridized carbons (Fsp3) is 0.667. The van der Waals surface area contributed by atoms with E-state index in [9.17, 15) is 9.59 Å². The van der Waals surface area contributed by atoms with Gasteiger partial charge < -0.3 is 10.2 Å². The maximum absolute atomic E-state index is 10.9. The molecule has 0 aliphatic heterocycles. The van der Waals surface area contributed by atoms with Crippen LogP contribution in [0.3, 0.4) is 0 Å². The monoisotopic (exact) mass is 386 g/mol. The van der Waals surface area contributed by atoms with Crippen LogP contribution in [-0.4, -0.2) is 22.2 Å². The lowest BCUT2D eigenvalue weighted by Crippen LogP contribution is -2.08. The number of hydrogen-bond acceptors (Lipinski definition) is 2. The van der Waals surface area contributed by atoms with Crippen LogP contribution in [0.5, 0.6) is 0 Å². The van der Waals surface area contributed by atoms with Crippen molar-refractivity contribution in [3.63, 3.8) is 0 Å². The molecule has 2 aliphatic rings. The molecule has 1 aromatic rings. The van der Waals surface area contributed by atoms with Gasteiger partial charge in [0.25, 0.3) is 0 Å². The van der Waals surface area contributed by atoms with Gasteiger partial charge in [-0.25, -0.2) is 0 Å². The van der Waals surface area contributed by atoms with Crippen molar-refractivity contribution in [3.05, 3.63) is 35.4 Å². The van der Waals surface area contributed by atoms with Crippen LogP contribution in [0, 0.1) is 10.8 Å². The average molecular weight is 387 g/mol. The molecule has 2 saturated carbocycles. The average Bonchev–Trinajstić information content (AvgIpc) is 3.55. The van der Waals surface area contributed by atoms with E-state index in [1.807, 2.05) is 0 Å². The van der Waals surface area contributed by atoms with Crippen molar-refractivity contribution >= 4 is 11.9 Å². The molecule has 0 bridgehead atoms. The predicted octanol–water partition coefficient (Wildman–Crippen LogP) is 5.62. The first kappa shape index (κ1) is 20.9. The third-order valence-corrected chi connectivity index (χ3v) is 6.80. The van der Waals surface area contributed by atoms with E-state index in [0.29, 0.717) is 12.8 Å². The van der Waals surface area contributed by atoms with Crippen molar-refractivity contribution in [2.24, 2.45) is 10.8 Å². The maximum Gasteiger partial charge on any atom is 0.303 e. The number of aryl methyl sites for hydroxylation is 2. The minimum absolute atomic E-state index is 0.118. The van der Waals surface area contributed by atoms with E-state index in [-0.39, 0.29) is 10.8 Å². The number of carboxylic acid groups (broad SMARTS) is 2. The number of unbranched alkanes of at least 4 members (excludes halogenated alkanes) is 2. The van der Waals surface area contributed by atoms with Gasteiger partial charge in [-0.15, -0.1) is 0 Å². The largest absolute Gasteiger partial charge is 0.481 e. The van der Waals surface area contributed by atoms with Gasteiger partial charge in [0, 0.05) is 0 Å². The molecular formula is C24H34O4. The third-order valence-electron chi connectivity index (χ3n) is 6.80. The van der Waals surface area contributed by atoms with Crippen molar-refractivity contribution in [1.82, 2.24) is 0 Å². The molecule has 0 heterocycles. The van der Waals surface area contributed by atoms with Gasteiger partial charge in [-0.05, 0) is 86.2 Å². The Kier molecular flexibility index (Phi) is 6.79. The summed E-state index contributed by atoms with van der Waals surface area (Å²) < 4.78 is 0. The normalized spacial score (nSPS) is 18.6. The van der Waals surface area contributed by atoms with Crippen LogP contribution in [-0.2, 0) is 22.4 Å². The van der Waals surface area contributed by atoms with Crippen LogP contribution in [0.1, 0.15) is 88.2 Å². The predicted molar refractivity (Wildman–Crippen MR) is 109 cm³/mol. The molecule has 0 aromatic heterocycles. The highest BCUT2D eigenvalue weighted by molar-refractivity contribution is 5.68. The summed E-state index contributed by atoms with van der Waals surface area (Å²) in [5.41, 5.74) is 3.00. The van der Waals surface area contributed by atoms with Gasteiger partial charge in [-0.1, -0.05) is 37.1 Å². The van der Waals surface area contributed by atoms with Crippen LogP contribution in [0.25, 0.3) is 0 Å². The zero-order valence-electron chi connectivity index (χ0n) is 16.9. The highest BCUT2D eigenvalue weighted by Crippen LogP contribution is 2.53. The lowest BCUT2D eigenvalue weighted by molar-refractivity contribution is -0.139. The van der Waals surface area contributed by atoms with E-state index in [1.165, 1.54) is 11.1 Å². The molecule has 2 aliphatic carbocycles. The molecule has 4 nitrogen and oxygen atoms in total. The molecule has 2 fully saturated rings. The number of carbonyl (C=O) groups is 2. The topological polar surface area (TPSA) is 74.6 Å². The van der Waals surface area contributed by atoms with Gasteiger partial charge >= 0.3 is 11.9 Å². The summed E-state index contributed by atoms with van der Waals surface area (Å²) >= 11 is 0. The molecule has 0 saturated heterocycles. The standard InChI is InChI=1S/C24H34O4/c25-21(26)17-23(12-13-23)10-3-1-6-19-8-5-9-20(16-19)7-2-4-11-24(14-15-24)18-22(27)28/h5,8-9,16H,1-4,6-7,10-15,17-18H2,(H,25,26)(H,27,28). The Bertz CT molecular complexity index is 630. The summed E-state index contributed by atoms with van der Waals surface area (Å²) in [5, 5.41) is 18.0. The lowest BCUT2D eigenvalue weighted by atomic mass is 9.93. The highest BCUT2D eigenvalue weighted by Gasteiger charge is 2.44. The van der Waals surface area contributed by atoms with E-state index in [4.69, 9.17) is 10.2 Å². The molecule has 1 aromatic carbocycles. The molecule has 0 spiro atoms. The number of aliphatic carboxylic acids is 2. The van der Waals surface area contributed by atoms with Crippen molar-refractivity contribution < 1.29 is 19.8 Å². The molecule has 28 heavy (non-hydrogen) atoms. The van der Waals surface area contributed by atoms with E-state index < -0.39 is 11.9 Å². The molecule has 0 amide bonds. The number of hydrogen-bond donors (Lipinski definition) is 2. The molecule has 4 heteroatoms. The van der Waals surface area contributed by atoms with Gasteiger partial charge in [0.05, 0.1) is 12.8 Å². The molecule has 3 rings (SSSR count). The van der Waals surface area contributed by atoms with Gasteiger partial charge in [0.2, 0.25) is 0 Å². The first-order valence-corrected chi connectivity index (χ1v) is 10.9. The molecule has 0 atom stereocenters. The van der Waals surface area contributed by atoms with Gasteiger partial charge in [0.15, 0.2) is 0 Å². The Morgan fingerprint density at radius 1 is 0.750 bits per heavy atom. The molecule has 0 radical (unpaired) electrons. The molecule has 2 N–H and O–H groups in total. The van der Waals surface area contributed by atoms with Crippen LogP contribution in [0.2, 0.25) is 0 Å². The summed E-state index contributed by atoms with van der Waals surface area (Å²) in [4.78, 5) is 21.9. The molecule has 154 valence electrons. The van der Waals surface area contributed by atoms with Crippen molar-refractivity contribution in [1.29, 1.82) is 0 Å². The van der Waals surface area contributed by atoms with Crippen molar-refractivity contribution in [2.75, 3.05) is 0 Å². The van der Waals surface area contributed by atoms with Crippen molar-refractivity contribution in [3.8, 4) is 0 Å². The van der Waals surface area contributed by atoms with E-state index in [0.717, 1.165) is 77.0 Å². The number of carboxylic acids is 2. The summed E-state index contributed by atoms with van der Waals surface area (Å²) in [6.45, 7) is 0. The Labute approximate surface area is 168 Å². The molecular weight excluding hydrogens is 352 g/mol. The fourth-order valence-electron chi connectivity index (χ4n) is 4.62. The van der Waals surface area contributed by atoms with Gasteiger partial charge in [0.1, 0.15) is 0 Å². The van der Waals surface area contributed by atoms with Gasteiger partial charge in [-0.3, -0.25) is 9.59 Å². The quantitative estimate of drug-likeness (QED) is 0.407. The van der Waals surface area contributed by atoms with E-state index >= 15 is 0 Å². The Morgan fingerprint density at radius 3 is 1.54 bits per heavy atom. The summed E-state index contributed by atoms with van der Waals surface area (Å²) in [5.74, 6) is -1.30. The van der Waals surface area contributed by atoms with Crippen LogP contribution >= 0.6 is 0 Å². The highest BCUT2D eigenvalue weighted by atomic mass is 16.4. The van der Waals surface area contributed by atoms with E-state index in [1.54, 1.807) is 0 Å². The third kappa shape index (κ3) is 6.65. The number of rotatable bonds is 14. The zero-order chi connectivity index (χ0) is 20.0.